The lowest BCUT2D eigenvalue weighted by Gasteiger charge is -2.02. The van der Waals surface area contributed by atoms with Crippen molar-refractivity contribution in [1.29, 1.82) is 0 Å². The monoisotopic (exact) mass is 232 g/mol. The van der Waals surface area contributed by atoms with E-state index in [9.17, 15) is 4.79 Å². The maximum absolute atomic E-state index is 11.2. The number of carbonyl (C=O) groups is 1. The number of rotatable bonds is 4. The maximum Gasteiger partial charge on any atom is 0.309 e. The summed E-state index contributed by atoms with van der Waals surface area (Å²) in [6.07, 6.45) is 3.11. The zero-order chi connectivity index (χ0) is 12.3. The minimum absolute atomic E-state index is 0.222. The molecule has 90 valence electrons. The van der Waals surface area contributed by atoms with Crippen molar-refractivity contribution in [3.8, 4) is 0 Å². The number of nitrogens with two attached hydrogens (primary N) is 1. The second-order valence-corrected chi connectivity index (χ2v) is 3.99. The topological polar surface area (TPSA) is 68.1 Å². The Labute approximate surface area is 99.8 Å². The van der Waals surface area contributed by atoms with Gasteiger partial charge in [0.05, 0.1) is 13.5 Å². The van der Waals surface area contributed by atoms with Gasteiger partial charge in [0.25, 0.3) is 0 Å². The highest BCUT2D eigenvalue weighted by Gasteiger charge is 2.07. The Bertz CT molecular complexity index is 531. The Morgan fingerprint density at radius 3 is 3.00 bits per heavy atom. The van der Waals surface area contributed by atoms with Gasteiger partial charge < -0.3 is 15.5 Å². The third kappa shape index (κ3) is 2.47. The molecule has 3 N–H and O–H groups in total. The van der Waals surface area contributed by atoms with Crippen molar-refractivity contribution in [3.63, 3.8) is 0 Å². The van der Waals surface area contributed by atoms with Gasteiger partial charge in [-0.2, -0.15) is 0 Å². The molecule has 0 saturated carbocycles. The van der Waals surface area contributed by atoms with Crippen molar-refractivity contribution in [3.05, 3.63) is 35.5 Å². The molecule has 0 radical (unpaired) electrons. The zero-order valence-corrected chi connectivity index (χ0v) is 9.82. The van der Waals surface area contributed by atoms with E-state index in [1.54, 1.807) is 0 Å². The smallest absolute Gasteiger partial charge is 0.309 e. The number of hydrogen-bond acceptors (Lipinski definition) is 3. The number of H-pyrrole nitrogens is 1. The van der Waals surface area contributed by atoms with Crippen LogP contribution in [0.4, 0.5) is 0 Å². The number of benzene rings is 1. The number of hydrogen-bond donors (Lipinski definition) is 2. The lowest BCUT2D eigenvalue weighted by Crippen LogP contribution is -2.04. The van der Waals surface area contributed by atoms with E-state index in [2.05, 4.69) is 9.72 Å². The van der Waals surface area contributed by atoms with Gasteiger partial charge in [0.15, 0.2) is 0 Å². The number of esters is 1. The third-order valence-electron chi connectivity index (χ3n) is 2.82. The summed E-state index contributed by atoms with van der Waals surface area (Å²) in [6, 6.07) is 5.93. The molecule has 0 saturated heterocycles. The van der Waals surface area contributed by atoms with E-state index in [0.29, 0.717) is 13.0 Å². The summed E-state index contributed by atoms with van der Waals surface area (Å²) in [5.41, 5.74) is 8.78. The van der Waals surface area contributed by atoms with Gasteiger partial charge in [-0.1, -0.05) is 6.07 Å². The molecule has 2 aromatic rings. The lowest BCUT2D eigenvalue weighted by molar-refractivity contribution is -0.139. The van der Waals surface area contributed by atoms with E-state index in [1.165, 1.54) is 12.7 Å². The second kappa shape index (κ2) is 5.01. The third-order valence-corrected chi connectivity index (χ3v) is 2.82. The van der Waals surface area contributed by atoms with Crippen LogP contribution in [0.15, 0.2) is 24.4 Å². The van der Waals surface area contributed by atoms with Gasteiger partial charge in [0.2, 0.25) is 0 Å². The summed E-state index contributed by atoms with van der Waals surface area (Å²) in [5.74, 6) is -0.222. The van der Waals surface area contributed by atoms with Crippen LogP contribution in [-0.2, 0) is 22.4 Å². The molecule has 0 spiro atoms. The first-order valence-electron chi connectivity index (χ1n) is 5.60. The number of aromatic nitrogens is 1. The fourth-order valence-corrected chi connectivity index (χ4v) is 1.94. The number of carbonyl (C=O) groups excluding carboxylic acids is 1. The van der Waals surface area contributed by atoms with E-state index in [4.69, 9.17) is 5.73 Å². The van der Waals surface area contributed by atoms with Crippen molar-refractivity contribution in [2.24, 2.45) is 5.73 Å². The number of methoxy groups -OCH3 is 1. The highest BCUT2D eigenvalue weighted by molar-refractivity contribution is 5.85. The first-order chi connectivity index (χ1) is 8.24. The van der Waals surface area contributed by atoms with Crippen LogP contribution < -0.4 is 5.73 Å². The van der Waals surface area contributed by atoms with Crippen molar-refractivity contribution >= 4 is 16.9 Å². The van der Waals surface area contributed by atoms with Crippen LogP contribution in [0, 0.1) is 0 Å². The Morgan fingerprint density at radius 1 is 1.47 bits per heavy atom. The normalized spacial score (nSPS) is 10.7. The molecule has 17 heavy (non-hydrogen) atoms. The molecular formula is C13H16N2O2. The van der Waals surface area contributed by atoms with E-state index < -0.39 is 0 Å². The van der Waals surface area contributed by atoms with Crippen molar-refractivity contribution in [2.75, 3.05) is 13.7 Å². The lowest BCUT2D eigenvalue weighted by atomic mass is 10.1. The van der Waals surface area contributed by atoms with Gasteiger partial charge in [0.1, 0.15) is 0 Å². The summed E-state index contributed by atoms with van der Waals surface area (Å²) in [7, 11) is 1.40. The second-order valence-electron chi connectivity index (χ2n) is 3.99. The van der Waals surface area contributed by atoms with Gasteiger partial charge in [0, 0.05) is 17.1 Å². The molecule has 0 bridgehead atoms. The fourth-order valence-electron chi connectivity index (χ4n) is 1.94. The van der Waals surface area contributed by atoms with Crippen LogP contribution in [0.5, 0.6) is 0 Å². The maximum atomic E-state index is 11.2. The van der Waals surface area contributed by atoms with Crippen LogP contribution in [0.3, 0.4) is 0 Å². The molecule has 0 aliphatic heterocycles. The van der Waals surface area contributed by atoms with Crippen molar-refractivity contribution in [1.82, 2.24) is 4.98 Å². The van der Waals surface area contributed by atoms with Crippen LogP contribution in [0.25, 0.3) is 10.9 Å². The molecule has 0 aliphatic carbocycles. The molecule has 1 aromatic carbocycles. The molecule has 1 aromatic heterocycles. The average molecular weight is 232 g/mol. The van der Waals surface area contributed by atoms with E-state index in [-0.39, 0.29) is 5.97 Å². The minimum Gasteiger partial charge on any atom is -0.469 e. The molecule has 4 nitrogen and oxygen atoms in total. The summed E-state index contributed by atoms with van der Waals surface area (Å²) >= 11 is 0. The van der Waals surface area contributed by atoms with Crippen LogP contribution in [0.2, 0.25) is 0 Å². The summed E-state index contributed by atoms with van der Waals surface area (Å²) in [5, 5.41) is 1.14. The van der Waals surface area contributed by atoms with Crippen LogP contribution in [-0.4, -0.2) is 24.6 Å². The molecule has 0 unspecified atom stereocenters. The summed E-state index contributed by atoms with van der Waals surface area (Å²) in [4.78, 5) is 14.4. The molecule has 4 heteroatoms. The van der Waals surface area contributed by atoms with Gasteiger partial charge in [-0.05, 0) is 36.2 Å². The molecule has 0 fully saturated rings. The molecule has 0 amide bonds. The largest absolute Gasteiger partial charge is 0.469 e. The zero-order valence-electron chi connectivity index (χ0n) is 9.82. The Hall–Kier alpha value is -1.81. The number of fused-ring (bicyclic) bond motifs is 1. The molecular weight excluding hydrogens is 216 g/mol. The average Bonchev–Trinajstić information content (AvgIpc) is 2.73. The quantitative estimate of drug-likeness (QED) is 0.783. The van der Waals surface area contributed by atoms with Crippen LogP contribution >= 0.6 is 0 Å². The minimum atomic E-state index is -0.222. The van der Waals surface area contributed by atoms with Crippen LogP contribution in [0.1, 0.15) is 11.1 Å². The van der Waals surface area contributed by atoms with E-state index in [1.807, 2.05) is 24.4 Å². The highest BCUT2D eigenvalue weighted by Crippen LogP contribution is 2.20. The fraction of sp³-hybridized carbons (Fsp3) is 0.308. The predicted molar refractivity (Wildman–Crippen MR) is 66.8 cm³/mol. The molecule has 0 atom stereocenters. The molecule has 2 rings (SSSR count). The predicted octanol–water partition coefficient (Wildman–Crippen LogP) is 1.38. The summed E-state index contributed by atoms with van der Waals surface area (Å²) in [6.45, 7) is 0.619. The number of aromatic amines is 1. The first-order valence-corrected chi connectivity index (χ1v) is 5.60. The van der Waals surface area contributed by atoms with Crippen molar-refractivity contribution < 1.29 is 9.53 Å². The first kappa shape index (κ1) is 11.7. The highest BCUT2D eigenvalue weighted by atomic mass is 16.5. The van der Waals surface area contributed by atoms with Gasteiger partial charge in [-0.25, -0.2) is 0 Å². The van der Waals surface area contributed by atoms with Gasteiger partial charge in [-0.3, -0.25) is 4.79 Å². The van der Waals surface area contributed by atoms with E-state index >= 15 is 0 Å². The SMILES string of the molecule is COC(=O)Cc1ccc2[nH]cc(CCN)c2c1. The number of ether oxygens (including phenoxy) is 1. The standard InChI is InChI=1S/C13H16N2O2/c1-17-13(16)7-9-2-3-12-11(6-9)10(4-5-14)8-15-12/h2-3,6,8,15H,4-5,7,14H2,1H3. The molecule has 0 aliphatic rings. The van der Waals surface area contributed by atoms with Crippen molar-refractivity contribution in [2.45, 2.75) is 12.8 Å². The van der Waals surface area contributed by atoms with Gasteiger partial charge in [-0.15, -0.1) is 0 Å². The Morgan fingerprint density at radius 2 is 2.29 bits per heavy atom. The van der Waals surface area contributed by atoms with E-state index in [0.717, 1.165) is 22.9 Å². The molecule has 1 heterocycles. The summed E-state index contributed by atoms with van der Waals surface area (Å²) < 4.78 is 4.66. The Kier molecular flexibility index (Phi) is 3.44. The Balaban J connectivity index is 2.33. The van der Waals surface area contributed by atoms with Gasteiger partial charge >= 0.3 is 5.97 Å². The number of nitrogens with one attached hydrogen (secondary N) is 1.